The molecule has 0 atom stereocenters. The van der Waals surface area contributed by atoms with Crippen LogP contribution in [0.5, 0.6) is 0 Å². The summed E-state index contributed by atoms with van der Waals surface area (Å²) in [5, 5.41) is 9.02. The number of rotatable bonds is 9. The van der Waals surface area contributed by atoms with E-state index in [1.807, 2.05) is 72.9 Å². The summed E-state index contributed by atoms with van der Waals surface area (Å²) in [6, 6.07) is 127. The van der Waals surface area contributed by atoms with Crippen LogP contribution in [-0.2, 0) is 27.1 Å². The number of nitrogens with zero attached hydrogens (tertiary/aromatic N) is 7. The number of pyridine rings is 2. The highest BCUT2D eigenvalue weighted by molar-refractivity contribution is 7.21. The van der Waals surface area contributed by atoms with E-state index in [1.54, 1.807) is 11.3 Å². The molecule has 0 N–H and O–H groups in total. The summed E-state index contributed by atoms with van der Waals surface area (Å²) in [6.45, 7) is 33.5. The van der Waals surface area contributed by atoms with Gasteiger partial charge in [-0.1, -0.05) is 401 Å². The zero-order chi connectivity index (χ0) is 82.1. The zero-order valence-corrected chi connectivity index (χ0v) is 72.0. The minimum absolute atomic E-state index is 0.0395. The second-order valence-electron chi connectivity index (χ2n) is 35.2. The minimum atomic E-state index is -2.38. The first-order chi connectivity index (χ1) is 56.2. The van der Waals surface area contributed by atoms with Crippen LogP contribution in [0.1, 0.15) is 132 Å². The Bertz CT molecular complexity index is 6200. The Balaban J connectivity index is 0.000000121. The lowest BCUT2D eigenvalue weighted by molar-refractivity contribution is 0.571. The van der Waals surface area contributed by atoms with Gasteiger partial charge in [-0.25, -0.2) is 24.9 Å². The zero-order valence-electron chi connectivity index (χ0n) is 70.2. The summed E-state index contributed by atoms with van der Waals surface area (Å²) in [6.07, 6.45) is 1.83. The van der Waals surface area contributed by atoms with E-state index >= 15 is 0 Å². The highest BCUT2D eigenvalue weighted by Crippen LogP contribution is 2.37. The largest absolute Gasteiger partial charge is 0.292 e. The molecule has 18 aromatic rings. The van der Waals surface area contributed by atoms with Gasteiger partial charge in [0, 0.05) is 50.3 Å². The fourth-order valence-corrected chi connectivity index (χ4v) is 20.6. The highest BCUT2D eigenvalue weighted by Gasteiger charge is 2.41. The maximum absolute atomic E-state index is 4.91. The molecule has 0 aliphatic carbocycles. The average Bonchev–Trinajstić information content (AvgIpc) is 1.57. The first-order valence-corrected chi connectivity index (χ1v) is 43.5. The molecule has 0 saturated carbocycles. The molecule has 18 rings (SSSR count). The second-order valence-corrected chi connectivity index (χ2v) is 40.0. The maximum atomic E-state index is 4.91. The normalized spacial score (nSPS) is 11.9. The Morgan fingerprint density at radius 2 is 0.675 bits per heavy atom. The lowest BCUT2D eigenvalue weighted by atomic mass is 9.86. The van der Waals surface area contributed by atoms with Crippen molar-refractivity contribution in [2.24, 2.45) is 0 Å². The number of benzene rings is 13. The predicted molar refractivity (Wildman–Crippen MR) is 503 cm³/mol. The van der Waals surface area contributed by atoms with Crippen molar-refractivity contribution in [2.75, 3.05) is 0 Å². The highest BCUT2D eigenvalue weighted by atomic mass is 32.1. The van der Waals surface area contributed by atoms with Gasteiger partial charge in [-0.15, -0.1) is 11.3 Å². The van der Waals surface area contributed by atoms with Crippen LogP contribution in [0.3, 0.4) is 0 Å². The summed E-state index contributed by atoms with van der Waals surface area (Å²) in [5.74, 6) is 0.979. The second kappa shape index (κ2) is 34.6. The van der Waals surface area contributed by atoms with Crippen LogP contribution in [0.25, 0.3) is 104 Å². The molecule has 582 valence electrons. The minimum Gasteiger partial charge on any atom is -0.292 e. The molecule has 0 aliphatic heterocycles. The smallest absolute Gasteiger partial charge is 0.179 e. The van der Waals surface area contributed by atoms with Gasteiger partial charge in [-0.2, -0.15) is 0 Å². The number of aromatic nitrogens is 7. The monoisotopic (exact) mass is 1560 g/mol. The molecule has 0 radical (unpaired) electrons. The van der Waals surface area contributed by atoms with Crippen LogP contribution < -0.4 is 20.7 Å². The van der Waals surface area contributed by atoms with Gasteiger partial charge in [0.2, 0.25) is 0 Å². The van der Waals surface area contributed by atoms with Crippen molar-refractivity contribution < 1.29 is 0 Å². The van der Waals surface area contributed by atoms with Gasteiger partial charge < -0.3 is 0 Å². The van der Waals surface area contributed by atoms with Gasteiger partial charge in [0.25, 0.3) is 0 Å². The quantitative estimate of drug-likeness (QED) is 0.0814. The van der Waals surface area contributed by atoms with E-state index < -0.39 is 8.07 Å². The van der Waals surface area contributed by atoms with Crippen LogP contribution in [0.4, 0.5) is 0 Å². The van der Waals surface area contributed by atoms with Gasteiger partial charge in [-0.05, 0) is 125 Å². The third-order valence-electron chi connectivity index (χ3n) is 21.5. The molecule has 117 heavy (non-hydrogen) atoms. The number of para-hydroxylation sites is 6. The SMILES string of the molecule is CC(C)(C)c1ccc(-c2ccc3ccc4cccnc4c3n2)cc1.CC(C)(C)c1ccc(-c2nc3ccccc3n2-c2ccccc2)cc1.CC(C)(C)c1ccc(-c2nc3ccccc3s2)cc1.CC(C)(C)c1ccc([Si](c2ccccc2)(c2ccccc2)c2ccccc2)cc1.CC(C)(C)c1nc2ccccc2nc1-c1ccccc1. The third kappa shape index (κ3) is 18.6. The molecular formula is C108H105N7SSi. The average molecular weight is 1560 g/mol. The predicted octanol–water partition coefficient (Wildman–Crippen LogP) is 26.0. The van der Waals surface area contributed by atoms with Crippen molar-refractivity contribution in [1.82, 2.24) is 34.5 Å². The van der Waals surface area contributed by atoms with E-state index in [4.69, 9.17) is 24.9 Å². The van der Waals surface area contributed by atoms with E-state index in [-0.39, 0.29) is 27.1 Å². The van der Waals surface area contributed by atoms with Crippen LogP contribution in [0.2, 0.25) is 0 Å². The molecule has 0 aliphatic rings. The van der Waals surface area contributed by atoms with Crippen LogP contribution in [-0.4, -0.2) is 42.5 Å². The summed E-state index contributed by atoms with van der Waals surface area (Å²) < 4.78 is 3.49. The lowest BCUT2D eigenvalue weighted by Gasteiger charge is -2.34. The third-order valence-corrected chi connectivity index (χ3v) is 27.4. The first-order valence-electron chi connectivity index (χ1n) is 40.6. The molecule has 9 heteroatoms. The molecule has 0 spiro atoms. The summed E-state index contributed by atoms with van der Waals surface area (Å²) in [7, 11) is -2.38. The number of thiazole rings is 1. The lowest BCUT2D eigenvalue weighted by Crippen LogP contribution is -2.74. The van der Waals surface area contributed by atoms with Gasteiger partial charge in [0.15, 0.2) is 8.07 Å². The van der Waals surface area contributed by atoms with Crippen LogP contribution in [0.15, 0.2) is 364 Å². The van der Waals surface area contributed by atoms with Gasteiger partial charge in [0.1, 0.15) is 10.8 Å². The summed E-state index contributed by atoms with van der Waals surface area (Å²) >= 11 is 1.75. The van der Waals surface area contributed by atoms with Crippen molar-refractivity contribution in [2.45, 2.75) is 131 Å². The molecule has 0 bridgehead atoms. The van der Waals surface area contributed by atoms with E-state index in [9.17, 15) is 0 Å². The molecular weight excluding hydrogens is 1460 g/mol. The Morgan fingerprint density at radius 3 is 1.17 bits per heavy atom. The fraction of sp³-hybridized carbons (Fsp3) is 0.185. The number of hydrogen-bond acceptors (Lipinski definition) is 7. The Hall–Kier alpha value is -12.4. The summed E-state index contributed by atoms with van der Waals surface area (Å²) in [4.78, 5) is 28.7. The van der Waals surface area contributed by atoms with E-state index in [2.05, 4.69) is 405 Å². The fourth-order valence-electron chi connectivity index (χ4n) is 14.9. The molecule has 5 aromatic heterocycles. The first kappa shape index (κ1) is 81.2. The van der Waals surface area contributed by atoms with Crippen molar-refractivity contribution in [3.05, 3.63) is 392 Å². The number of imidazole rings is 1. The standard InChI is InChI=1S/C28H28Si.C23H22N2.C22H20N2.C18H18N2.C17H17NS/c1-28(2,3)23-19-21-27(22-20-23)29(24-13-7-4-8-14-24,25-15-9-5-10-16-25)26-17-11-6-12-18-26;1-23(2,3)18-15-13-17(14-16-18)22-24-20-11-7-8-12-21(20)25(22)19-9-5-4-6-10-19;1-22(2,3)18-11-8-15(9-12-18)19-13-10-17-7-6-16-5-4-14-23-20(16)21(17)24-19;1-18(2,3)17-16(13-9-5-4-6-10-13)19-14-11-7-8-12-15(14)20-17;1-17(2,3)13-10-8-12(9-11-13)16-18-14-6-4-5-7-15(14)19-16/h4-22H,1-3H3;4-16H,1-3H3;4-14H,1-3H3;4-12H,1-3H3;4-11H,1-3H3. The van der Waals surface area contributed by atoms with Gasteiger partial charge in [-0.3, -0.25) is 9.55 Å². The maximum Gasteiger partial charge on any atom is 0.179 e. The van der Waals surface area contributed by atoms with E-state index in [0.717, 1.165) is 99.7 Å². The topological polar surface area (TPSA) is 82.3 Å². The molecule has 13 aromatic carbocycles. The molecule has 0 amide bonds. The van der Waals surface area contributed by atoms with Crippen molar-refractivity contribution in [1.29, 1.82) is 0 Å². The Morgan fingerprint density at radius 1 is 0.274 bits per heavy atom. The van der Waals surface area contributed by atoms with Gasteiger partial charge in [0.05, 0.1) is 60.4 Å². The van der Waals surface area contributed by atoms with E-state index in [0.29, 0.717) is 0 Å². The van der Waals surface area contributed by atoms with Crippen molar-refractivity contribution in [3.63, 3.8) is 0 Å². The number of fused-ring (bicyclic) bond motifs is 6. The van der Waals surface area contributed by atoms with Crippen LogP contribution in [0, 0.1) is 0 Å². The molecule has 0 saturated heterocycles. The molecule has 5 heterocycles. The Labute approximate surface area is 697 Å². The molecule has 0 unspecified atom stereocenters. The van der Waals surface area contributed by atoms with Crippen molar-refractivity contribution >= 4 is 94.2 Å². The molecule has 7 nitrogen and oxygen atoms in total. The Kier molecular flexibility index (Phi) is 24.0. The number of hydrogen-bond donors (Lipinski definition) is 0. The molecule has 0 fully saturated rings. The van der Waals surface area contributed by atoms with E-state index in [1.165, 1.54) is 53.3 Å². The van der Waals surface area contributed by atoms with Crippen LogP contribution >= 0.6 is 11.3 Å². The summed E-state index contributed by atoms with van der Waals surface area (Å²) in [5.41, 5.74) is 21.8. The van der Waals surface area contributed by atoms with Gasteiger partial charge >= 0.3 is 0 Å². The van der Waals surface area contributed by atoms with Crippen molar-refractivity contribution in [3.8, 4) is 50.2 Å².